The lowest BCUT2D eigenvalue weighted by Crippen LogP contribution is -2.06. The van der Waals surface area contributed by atoms with Crippen molar-refractivity contribution in [2.24, 2.45) is 0 Å². The highest BCUT2D eigenvalue weighted by molar-refractivity contribution is 6.36. The van der Waals surface area contributed by atoms with Gasteiger partial charge in [0.1, 0.15) is 11.5 Å². The molecule has 30 heavy (non-hydrogen) atoms. The van der Waals surface area contributed by atoms with Gasteiger partial charge in [0.05, 0.1) is 5.02 Å². The molecular formula is C25H20ClFN2O. The molecule has 0 aliphatic heterocycles. The van der Waals surface area contributed by atoms with Gasteiger partial charge in [-0.25, -0.2) is 9.37 Å². The molecule has 0 amide bonds. The van der Waals surface area contributed by atoms with Crippen molar-refractivity contribution in [3.05, 3.63) is 99.1 Å². The number of carbonyl (C=O) groups is 1. The normalized spacial score (nSPS) is 11.5. The van der Waals surface area contributed by atoms with Gasteiger partial charge in [-0.2, -0.15) is 0 Å². The minimum Gasteiger partial charge on any atom is -0.346 e. The van der Waals surface area contributed by atoms with Crippen molar-refractivity contribution >= 4 is 40.6 Å². The minimum atomic E-state index is -0.358. The molecule has 0 atom stereocenters. The van der Waals surface area contributed by atoms with Gasteiger partial charge in [0.2, 0.25) is 0 Å². The lowest BCUT2D eigenvalue weighted by Gasteiger charge is -2.07. The Labute approximate surface area is 179 Å². The average molecular weight is 419 g/mol. The summed E-state index contributed by atoms with van der Waals surface area (Å²) in [6.45, 7) is 3.86. The number of fused-ring (bicyclic) bond motifs is 1. The average Bonchev–Trinajstić information content (AvgIpc) is 3.21. The molecule has 150 valence electrons. The van der Waals surface area contributed by atoms with Crippen LogP contribution in [0.25, 0.3) is 23.2 Å². The second-order valence-corrected chi connectivity index (χ2v) is 7.74. The number of nitrogens with one attached hydrogen (secondary N) is 1. The van der Waals surface area contributed by atoms with Crippen LogP contribution in [-0.4, -0.2) is 15.8 Å². The summed E-state index contributed by atoms with van der Waals surface area (Å²) in [5, 5.41) is 1.48. The number of hydrogen-bond donors (Lipinski definition) is 1. The van der Waals surface area contributed by atoms with E-state index in [-0.39, 0.29) is 18.0 Å². The van der Waals surface area contributed by atoms with Gasteiger partial charge < -0.3 is 4.98 Å². The molecule has 0 bridgehead atoms. The fraction of sp³-hybridized carbons (Fsp3) is 0.120. The van der Waals surface area contributed by atoms with Crippen LogP contribution in [-0.2, 0) is 6.42 Å². The number of aryl methyl sites for hydroxylation is 2. The van der Waals surface area contributed by atoms with E-state index in [9.17, 15) is 9.18 Å². The van der Waals surface area contributed by atoms with Gasteiger partial charge >= 0.3 is 0 Å². The van der Waals surface area contributed by atoms with Crippen molar-refractivity contribution in [2.75, 3.05) is 0 Å². The van der Waals surface area contributed by atoms with Crippen molar-refractivity contribution in [2.45, 2.75) is 20.3 Å². The Kier molecular flexibility index (Phi) is 5.51. The van der Waals surface area contributed by atoms with Crippen molar-refractivity contribution in [3.8, 4) is 0 Å². The Bertz CT molecular complexity index is 1290. The number of pyridine rings is 1. The minimum absolute atomic E-state index is 0.0274. The number of halogens is 2. The highest BCUT2D eigenvalue weighted by Gasteiger charge is 2.12. The van der Waals surface area contributed by atoms with E-state index in [4.69, 9.17) is 11.6 Å². The van der Waals surface area contributed by atoms with E-state index >= 15 is 0 Å². The Hall–Kier alpha value is -3.24. The first kappa shape index (κ1) is 20.0. The highest BCUT2D eigenvalue weighted by atomic mass is 35.5. The zero-order valence-corrected chi connectivity index (χ0v) is 17.4. The Morgan fingerprint density at radius 2 is 1.90 bits per heavy atom. The summed E-state index contributed by atoms with van der Waals surface area (Å²) >= 11 is 6.49. The fourth-order valence-corrected chi connectivity index (χ4v) is 3.66. The quantitative estimate of drug-likeness (QED) is 0.372. The Balaban J connectivity index is 1.61. The lowest BCUT2D eigenvalue weighted by atomic mass is 9.97. The van der Waals surface area contributed by atoms with Crippen LogP contribution in [0, 0.1) is 19.7 Å². The molecule has 2 aromatic carbocycles. The first-order chi connectivity index (χ1) is 14.4. The van der Waals surface area contributed by atoms with E-state index < -0.39 is 0 Å². The van der Waals surface area contributed by atoms with E-state index in [0.717, 1.165) is 33.3 Å². The summed E-state index contributed by atoms with van der Waals surface area (Å²) in [7, 11) is 0. The zero-order chi connectivity index (χ0) is 21.3. The molecule has 0 unspecified atom stereocenters. The molecule has 0 fully saturated rings. The molecule has 0 spiro atoms. The molecule has 0 saturated heterocycles. The largest absolute Gasteiger partial charge is 0.346 e. The van der Waals surface area contributed by atoms with Crippen LogP contribution in [0.1, 0.15) is 38.2 Å². The third-order valence-electron chi connectivity index (χ3n) is 5.14. The first-order valence-electron chi connectivity index (χ1n) is 9.61. The summed E-state index contributed by atoms with van der Waals surface area (Å²) in [6, 6.07) is 12.2. The van der Waals surface area contributed by atoms with Gasteiger partial charge in [-0.1, -0.05) is 53.6 Å². The lowest BCUT2D eigenvalue weighted by molar-refractivity contribution is 0.0992. The maximum Gasteiger partial charge on any atom is 0.167 e. The summed E-state index contributed by atoms with van der Waals surface area (Å²) in [6.07, 6.45) is 7.34. The van der Waals surface area contributed by atoms with Gasteiger partial charge in [-0.3, -0.25) is 4.79 Å². The molecule has 0 saturated carbocycles. The number of carbonyl (C=O) groups excluding carboxylic acids is 1. The zero-order valence-electron chi connectivity index (χ0n) is 16.7. The number of nitrogens with zero attached hydrogens (tertiary/aromatic N) is 1. The highest BCUT2D eigenvalue weighted by Crippen LogP contribution is 2.27. The van der Waals surface area contributed by atoms with Crippen molar-refractivity contribution in [1.29, 1.82) is 0 Å². The number of rotatable bonds is 5. The van der Waals surface area contributed by atoms with Crippen molar-refractivity contribution in [3.63, 3.8) is 0 Å². The first-order valence-corrected chi connectivity index (χ1v) is 9.99. The number of hydrogen-bond acceptors (Lipinski definition) is 2. The van der Waals surface area contributed by atoms with Crippen molar-refractivity contribution < 1.29 is 9.18 Å². The van der Waals surface area contributed by atoms with E-state index in [0.29, 0.717) is 16.1 Å². The number of H-pyrrole nitrogens is 1. The van der Waals surface area contributed by atoms with Gasteiger partial charge in [-0.05, 0) is 48.7 Å². The van der Waals surface area contributed by atoms with Crippen LogP contribution >= 0.6 is 11.6 Å². The molecule has 2 aromatic heterocycles. The molecule has 2 heterocycles. The van der Waals surface area contributed by atoms with Crippen LogP contribution in [0.2, 0.25) is 5.02 Å². The van der Waals surface area contributed by atoms with E-state index in [2.05, 4.69) is 9.97 Å². The number of aromatic nitrogens is 2. The summed E-state index contributed by atoms with van der Waals surface area (Å²) < 4.78 is 14.0. The second-order valence-electron chi connectivity index (χ2n) is 7.37. The van der Waals surface area contributed by atoms with Crippen LogP contribution in [0.4, 0.5) is 4.39 Å². The van der Waals surface area contributed by atoms with E-state index in [1.807, 2.05) is 44.2 Å². The second kappa shape index (κ2) is 8.25. The smallest absolute Gasteiger partial charge is 0.167 e. The molecule has 3 nitrogen and oxygen atoms in total. The van der Waals surface area contributed by atoms with Gasteiger partial charge in [0.15, 0.2) is 5.78 Å². The van der Waals surface area contributed by atoms with Gasteiger partial charge in [0.25, 0.3) is 0 Å². The molecular weight excluding hydrogens is 399 g/mol. The van der Waals surface area contributed by atoms with E-state index in [1.54, 1.807) is 30.6 Å². The molecule has 0 aliphatic carbocycles. The Morgan fingerprint density at radius 1 is 1.10 bits per heavy atom. The Morgan fingerprint density at radius 3 is 2.73 bits per heavy atom. The third kappa shape index (κ3) is 4.05. The molecule has 0 aliphatic rings. The molecule has 1 N–H and O–H groups in total. The predicted octanol–water partition coefficient (Wildman–Crippen LogP) is 6.57. The monoisotopic (exact) mass is 418 g/mol. The van der Waals surface area contributed by atoms with Crippen LogP contribution in [0.15, 0.2) is 54.9 Å². The SMILES string of the molecule is Cc1ccc(F)c(CC(=O)c2ccc(C)c(/C=C/c3cnc4[nH]ccc4c3Cl)c2)c1. The molecule has 4 aromatic rings. The summed E-state index contributed by atoms with van der Waals surface area (Å²) in [5.41, 5.74) is 5.34. The topological polar surface area (TPSA) is 45.8 Å². The number of ketones is 1. The standard InChI is InChI=1S/C25H20ClFN2O/c1-15-3-8-22(27)20(11-15)13-23(30)18-5-4-16(2)17(12-18)6-7-19-14-29-25-21(24(19)26)9-10-28-25/h3-12,14H,13H2,1-2H3,(H,28,29)/b7-6+. The fourth-order valence-electron chi connectivity index (χ4n) is 3.39. The van der Waals surface area contributed by atoms with Gasteiger partial charge in [-0.15, -0.1) is 0 Å². The van der Waals surface area contributed by atoms with Crippen molar-refractivity contribution in [1.82, 2.24) is 9.97 Å². The number of benzene rings is 2. The van der Waals surface area contributed by atoms with Crippen LogP contribution < -0.4 is 0 Å². The number of aromatic amines is 1. The number of Topliss-reactive ketones (excluding diaryl/α,β-unsaturated/α-hetero) is 1. The molecule has 4 rings (SSSR count). The molecule has 5 heteroatoms. The summed E-state index contributed by atoms with van der Waals surface area (Å²) in [5.74, 6) is -0.480. The third-order valence-corrected chi connectivity index (χ3v) is 5.57. The maximum absolute atomic E-state index is 14.0. The molecule has 0 radical (unpaired) electrons. The van der Waals surface area contributed by atoms with Crippen LogP contribution in [0.3, 0.4) is 0 Å². The summed E-state index contributed by atoms with van der Waals surface area (Å²) in [4.78, 5) is 20.2. The van der Waals surface area contributed by atoms with Gasteiger partial charge in [0, 0.05) is 35.3 Å². The maximum atomic E-state index is 14.0. The van der Waals surface area contributed by atoms with E-state index in [1.165, 1.54) is 6.07 Å². The van der Waals surface area contributed by atoms with Crippen LogP contribution in [0.5, 0.6) is 0 Å². The predicted molar refractivity (Wildman–Crippen MR) is 120 cm³/mol.